The molecular formula is C6H22N2O4Si3. The molecule has 0 fully saturated rings. The van der Waals surface area contributed by atoms with Gasteiger partial charge in [0, 0.05) is 27.4 Å². The molecule has 4 N–H and O–H groups in total. The number of hydrogen-bond acceptors (Lipinski definition) is 6. The first-order valence-electron chi connectivity index (χ1n) is 4.86. The quantitative estimate of drug-likeness (QED) is 0.491. The lowest BCUT2D eigenvalue weighted by Gasteiger charge is -2.24. The van der Waals surface area contributed by atoms with Gasteiger partial charge in [0.2, 0.25) is 19.1 Å². The van der Waals surface area contributed by atoms with E-state index in [0.29, 0.717) is 0 Å². The number of rotatable bonds is 9. The van der Waals surface area contributed by atoms with Crippen LogP contribution in [-0.2, 0) is 17.4 Å². The summed E-state index contributed by atoms with van der Waals surface area (Å²) in [6.07, 6.45) is 0.906. The largest absolute Gasteiger partial charge is 0.500 e. The smallest absolute Gasteiger partial charge is 0.440 e. The van der Waals surface area contributed by atoms with E-state index >= 15 is 0 Å². The van der Waals surface area contributed by atoms with Gasteiger partial charge < -0.3 is 28.2 Å². The molecule has 0 aromatic heterocycles. The van der Waals surface area contributed by atoms with Crippen LogP contribution in [0.25, 0.3) is 0 Å². The highest BCUT2D eigenvalue weighted by atomic mass is 28.4. The van der Waals surface area contributed by atoms with Crippen molar-refractivity contribution < 1.29 is 17.4 Å². The van der Waals surface area contributed by atoms with Crippen LogP contribution in [0.2, 0.25) is 12.1 Å². The summed E-state index contributed by atoms with van der Waals surface area (Å²) in [6, 6.07) is 1.65. The minimum Gasteiger partial charge on any atom is -0.440 e. The molecule has 9 heteroatoms. The maximum absolute atomic E-state index is 5.80. The van der Waals surface area contributed by atoms with Gasteiger partial charge in [-0.05, 0) is 12.5 Å². The molecule has 0 aliphatic heterocycles. The van der Waals surface area contributed by atoms with E-state index in [1.54, 1.807) is 21.3 Å². The second-order valence-electron chi connectivity index (χ2n) is 3.06. The molecule has 15 heavy (non-hydrogen) atoms. The Morgan fingerprint density at radius 1 is 1.20 bits per heavy atom. The Balaban J connectivity index is 3.80. The van der Waals surface area contributed by atoms with Gasteiger partial charge in [-0.3, -0.25) is 0 Å². The third kappa shape index (κ3) is 5.89. The number of hydrogen-bond donors (Lipinski definition) is 2. The van der Waals surface area contributed by atoms with Gasteiger partial charge in [-0.15, -0.1) is 0 Å². The van der Waals surface area contributed by atoms with Gasteiger partial charge in [-0.25, -0.2) is 0 Å². The molecule has 6 nitrogen and oxygen atoms in total. The predicted octanol–water partition coefficient (Wildman–Crippen LogP) is -1.59. The Hall–Kier alpha value is 0.411. The van der Waals surface area contributed by atoms with Crippen LogP contribution in [0.15, 0.2) is 0 Å². The molecule has 0 rings (SSSR count). The minimum atomic E-state index is -2.42. The molecule has 0 heterocycles. The third-order valence-electron chi connectivity index (χ3n) is 2.21. The summed E-state index contributed by atoms with van der Waals surface area (Å²) in [7, 11) is 0.0275. The highest BCUT2D eigenvalue weighted by molar-refractivity contribution is 6.61. The van der Waals surface area contributed by atoms with E-state index < -0.39 is 27.9 Å². The van der Waals surface area contributed by atoms with Crippen molar-refractivity contribution in [3.63, 3.8) is 0 Å². The maximum atomic E-state index is 5.80. The molecule has 0 aliphatic rings. The molecule has 0 aromatic carbocycles. The van der Waals surface area contributed by atoms with E-state index in [9.17, 15) is 0 Å². The van der Waals surface area contributed by atoms with Crippen LogP contribution < -0.4 is 10.8 Å². The first-order chi connectivity index (χ1) is 7.14. The predicted molar refractivity (Wildman–Crippen MR) is 66.2 cm³/mol. The van der Waals surface area contributed by atoms with Crippen LogP contribution in [0.3, 0.4) is 0 Å². The highest BCUT2D eigenvalue weighted by Crippen LogP contribution is 2.16. The van der Waals surface area contributed by atoms with Crippen molar-refractivity contribution >= 4 is 27.9 Å². The molecule has 0 saturated carbocycles. The molecule has 0 saturated heterocycles. The summed E-state index contributed by atoms with van der Waals surface area (Å²) in [4.78, 5) is 0. The van der Waals surface area contributed by atoms with Crippen LogP contribution >= 0.6 is 0 Å². The first-order valence-corrected chi connectivity index (χ1v) is 10.1. The molecule has 0 amide bonds. The lowest BCUT2D eigenvalue weighted by Crippen LogP contribution is -2.43. The summed E-state index contributed by atoms with van der Waals surface area (Å²) in [5.74, 6) is 0. The third-order valence-corrected chi connectivity index (χ3v) is 8.51. The summed E-state index contributed by atoms with van der Waals surface area (Å²) in [5, 5.41) is 11.2. The molecule has 0 aromatic rings. The zero-order chi connectivity index (χ0) is 11.7. The number of nitrogens with two attached hydrogens (primary N) is 2. The van der Waals surface area contributed by atoms with Gasteiger partial charge in [-0.1, -0.05) is 0 Å². The molecule has 0 aliphatic carbocycles. The fourth-order valence-corrected chi connectivity index (χ4v) is 5.70. The Morgan fingerprint density at radius 3 is 2.13 bits per heavy atom. The Bertz CT molecular complexity index is 153. The van der Waals surface area contributed by atoms with Gasteiger partial charge in [0.25, 0.3) is 0 Å². The summed E-state index contributed by atoms with van der Waals surface area (Å²) >= 11 is 0. The highest BCUT2D eigenvalue weighted by Gasteiger charge is 2.37. The molecular weight excluding hydrogens is 248 g/mol. The van der Waals surface area contributed by atoms with Gasteiger partial charge in [-0.2, -0.15) is 0 Å². The normalized spacial score (nSPS) is 15.0. The van der Waals surface area contributed by atoms with Crippen molar-refractivity contribution in [1.29, 1.82) is 0 Å². The SMILES string of the molecule is CO[Si](CCC[SiH](N)O[SiH2]N)(OC)OC. The van der Waals surface area contributed by atoms with Crippen molar-refractivity contribution in [3.8, 4) is 0 Å². The monoisotopic (exact) mass is 270 g/mol. The van der Waals surface area contributed by atoms with Crippen LogP contribution in [0.1, 0.15) is 6.42 Å². The Labute approximate surface area is 96.4 Å². The molecule has 0 radical (unpaired) electrons. The van der Waals surface area contributed by atoms with Gasteiger partial charge in [0.1, 0.15) is 0 Å². The second kappa shape index (κ2) is 8.55. The first kappa shape index (κ1) is 15.4. The fourth-order valence-electron chi connectivity index (χ4n) is 1.28. The maximum Gasteiger partial charge on any atom is 0.500 e. The molecule has 0 bridgehead atoms. The van der Waals surface area contributed by atoms with E-state index in [0.717, 1.165) is 18.5 Å². The van der Waals surface area contributed by atoms with Crippen LogP contribution in [-0.4, -0.2) is 49.3 Å². The van der Waals surface area contributed by atoms with Gasteiger partial charge in [0.05, 0.1) is 0 Å². The molecule has 1 unspecified atom stereocenters. The molecule has 1 atom stereocenters. The second-order valence-corrected chi connectivity index (χ2v) is 9.47. The van der Waals surface area contributed by atoms with Gasteiger partial charge >= 0.3 is 8.80 Å². The van der Waals surface area contributed by atoms with Crippen molar-refractivity contribution in [2.45, 2.75) is 18.5 Å². The minimum absolute atomic E-state index is 0.771. The lowest BCUT2D eigenvalue weighted by molar-refractivity contribution is 0.123. The summed E-state index contributed by atoms with van der Waals surface area (Å²) in [6.45, 7) is 0. The standard InChI is InChI=1S/C6H22N2O4Si3/c1-9-15(10-2,11-3)6-4-5-14(8)12-13-7/h14H,4-8,13H2,1-3H3. The van der Waals surface area contributed by atoms with E-state index in [4.69, 9.17) is 28.2 Å². The average Bonchev–Trinajstić information content (AvgIpc) is 2.25. The zero-order valence-electron chi connectivity index (χ0n) is 9.69. The van der Waals surface area contributed by atoms with Crippen molar-refractivity contribution in [2.24, 2.45) is 10.8 Å². The van der Waals surface area contributed by atoms with E-state index in [1.165, 1.54) is 0 Å². The van der Waals surface area contributed by atoms with Crippen molar-refractivity contribution in [1.82, 2.24) is 0 Å². The zero-order valence-corrected chi connectivity index (χ0v) is 13.3. The Kier molecular flexibility index (Phi) is 8.78. The van der Waals surface area contributed by atoms with Crippen LogP contribution in [0.4, 0.5) is 0 Å². The van der Waals surface area contributed by atoms with Crippen LogP contribution in [0.5, 0.6) is 0 Å². The van der Waals surface area contributed by atoms with Crippen molar-refractivity contribution in [2.75, 3.05) is 21.3 Å². The molecule has 0 spiro atoms. The van der Waals surface area contributed by atoms with E-state index in [2.05, 4.69) is 0 Å². The fraction of sp³-hybridized carbons (Fsp3) is 1.00. The topological polar surface area (TPSA) is 89.0 Å². The van der Waals surface area contributed by atoms with E-state index in [1.807, 2.05) is 0 Å². The molecule has 92 valence electrons. The van der Waals surface area contributed by atoms with Gasteiger partial charge in [0.15, 0.2) is 0 Å². The average molecular weight is 271 g/mol. The lowest BCUT2D eigenvalue weighted by atomic mass is 10.6. The van der Waals surface area contributed by atoms with Crippen molar-refractivity contribution in [3.05, 3.63) is 0 Å². The van der Waals surface area contributed by atoms with E-state index in [-0.39, 0.29) is 0 Å². The van der Waals surface area contributed by atoms with Crippen LogP contribution in [0, 0.1) is 0 Å². The summed E-state index contributed by atoms with van der Waals surface area (Å²) < 4.78 is 21.2. The summed E-state index contributed by atoms with van der Waals surface area (Å²) in [5.41, 5.74) is 0. The Morgan fingerprint density at radius 2 is 1.73 bits per heavy atom.